The minimum Gasteiger partial charge on any atom is -0.497 e. The molecule has 3 N–H and O–H groups in total. The fourth-order valence-corrected chi connectivity index (χ4v) is 1.53. The summed E-state index contributed by atoms with van der Waals surface area (Å²) in [6, 6.07) is 7.53. The zero-order valence-electron chi connectivity index (χ0n) is 9.62. The van der Waals surface area contributed by atoms with Gasteiger partial charge in [0.1, 0.15) is 5.75 Å². The zero-order chi connectivity index (χ0) is 12.1. The largest absolute Gasteiger partial charge is 0.497 e. The molecule has 0 aliphatic carbocycles. The molecule has 5 nitrogen and oxygen atoms in total. The summed E-state index contributed by atoms with van der Waals surface area (Å²) < 4.78 is 5.07. The van der Waals surface area contributed by atoms with Crippen molar-refractivity contribution in [3.05, 3.63) is 36.0 Å². The first-order chi connectivity index (χ1) is 8.28. The van der Waals surface area contributed by atoms with Gasteiger partial charge in [-0.15, -0.1) is 0 Å². The Labute approximate surface area is 99.8 Å². The van der Waals surface area contributed by atoms with Gasteiger partial charge < -0.3 is 20.9 Å². The van der Waals surface area contributed by atoms with Crippen LogP contribution in [0, 0.1) is 0 Å². The SMILES string of the molecule is COc1ccc(NNC2=CC(=O)NCC2)cc1. The van der Waals surface area contributed by atoms with Gasteiger partial charge in [0.2, 0.25) is 5.91 Å². The Kier molecular flexibility index (Phi) is 3.49. The number of hydrogen-bond acceptors (Lipinski definition) is 4. The predicted octanol–water partition coefficient (Wildman–Crippen LogP) is 1.02. The number of methoxy groups -OCH3 is 1. The molecule has 0 radical (unpaired) electrons. The summed E-state index contributed by atoms with van der Waals surface area (Å²) in [5, 5.41) is 2.73. The smallest absolute Gasteiger partial charge is 0.245 e. The first-order valence-corrected chi connectivity index (χ1v) is 5.42. The van der Waals surface area contributed by atoms with Crippen molar-refractivity contribution in [1.29, 1.82) is 0 Å². The maximum atomic E-state index is 11.1. The van der Waals surface area contributed by atoms with E-state index in [0.717, 1.165) is 23.6 Å². The summed E-state index contributed by atoms with van der Waals surface area (Å²) in [4.78, 5) is 11.1. The van der Waals surface area contributed by atoms with Crippen LogP contribution in [0.2, 0.25) is 0 Å². The first kappa shape index (κ1) is 11.3. The second-order valence-corrected chi connectivity index (χ2v) is 3.69. The Hall–Kier alpha value is -2.17. The molecule has 90 valence electrons. The lowest BCUT2D eigenvalue weighted by Crippen LogP contribution is -2.33. The maximum absolute atomic E-state index is 11.1. The molecule has 0 unspecified atom stereocenters. The quantitative estimate of drug-likeness (QED) is 0.679. The third kappa shape index (κ3) is 3.14. The summed E-state index contributed by atoms with van der Waals surface area (Å²) in [7, 11) is 1.63. The molecule has 0 spiro atoms. The number of amides is 1. The maximum Gasteiger partial charge on any atom is 0.245 e. The molecule has 1 aromatic carbocycles. The molecule has 1 heterocycles. The molecule has 1 amide bonds. The fourth-order valence-electron chi connectivity index (χ4n) is 1.53. The summed E-state index contributed by atoms with van der Waals surface area (Å²) in [6.45, 7) is 0.669. The lowest BCUT2D eigenvalue weighted by molar-refractivity contribution is -0.116. The highest BCUT2D eigenvalue weighted by molar-refractivity contribution is 5.89. The second kappa shape index (κ2) is 5.25. The molecule has 5 heteroatoms. The lowest BCUT2D eigenvalue weighted by atomic mass is 10.2. The van der Waals surface area contributed by atoms with E-state index < -0.39 is 0 Å². The van der Waals surface area contributed by atoms with Crippen LogP contribution in [0.15, 0.2) is 36.0 Å². The zero-order valence-corrected chi connectivity index (χ0v) is 9.62. The molecule has 0 atom stereocenters. The van der Waals surface area contributed by atoms with Crippen molar-refractivity contribution in [2.45, 2.75) is 6.42 Å². The number of anilines is 1. The number of nitrogens with one attached hydrogen (secondary N) is 3. The van der Waals surface area contributed by atoms with Crippen molar-refractivity contribution < 1.29 is 9.53 Å². The van der Waals surface area contributed by atoms with Gasteiger partial charge in [-0.05, 0) is 24.3 Å². The summed E-state index contributed by atoms with van der Waals surface area (Å²) in [5.74, 6) is 0.752. The second-order valence-electron chi connectivity index (χ2n) is 3.69. The van der Waals surface area contributed by atoms with Gasteiger partial charge in [-0.2, -0.15) is 0 Å². The van der Waals surface area contributed by atoms with Crippen molar-refractivity contribution in [3.8, 4) is 5.75 Å². The molecule has 1 aliphatic rings. The first-order valence-electron chi connectivity index (χ1n) is 5.42. The van der Waals surface area contributed by atoms with E-state index in [1.165, 1.54) is 0 Å². The lowest BCUT2D eigenvalue weighted by Gasteiger charge is -2.17. The van der Waals surface area contributed by atoms with Gasteiger partial charge in [-0.25, -0.2) is 0 Å². The van der Waals surface area contributed by atoms with Crippen LogP contribution in [0.3, 0.4) is 0 Å². The van der Waals surface area contributed by atoms with Crippen LogP contribution in [-0.2, 0) is 4.79 Å². The summed E-state index contributed by atoms with van der Waals surface area (Å²) in [5.41, 5.74) is 7.84. The Morgan fingerprint density at radius 1 is 1.24 bits per heavy atom. The van der Waals surface area contributed by atoms with Crippen molar-refractivity contribution in [3.63, 3.8) is 0 Å². The minimum absolute atomic E-state index is 0.0599. The van der Waals surface area contributed by atoms with Crippen molar-refractivity contribution in [1.82, 2.24) is 10.7 Å². The van der Waals surface area contributed by atoms with Crippen LogP contribution in [0.25, 0.3) is 0 Å². The van der Waals surface area contributed by atoms with Crippen LogP contribution in [0.4, 0.5) is 5.69 Å². The standard InChI is InChI=1S/C12H15N3O2/c1-17-11-4-2-9(3-5-11)14-15-10-6-7-13-12(16)8-10/h2-5,8,14-15H,6-7H2,1H3,(H,13,16). The number of benzene rings is 1. The van der Waals surface area contributed by atoms with Crippen molar-refractivity contribution >= 4 is 11.6 Å². The van der Waals surface area contributed by atoms with E-state index in [4.69, 9.17) is 4.74 Å². The number of hydrogen-bond donors (Lipinski definition) is 3. The van der Waals surface area contributed by atoms with Gasteiger partial charge in [0.05, 0.1) is 12.8 Å². The van der Waals surface area contributed by atoms with E-state index in [1.807, 2.05) is 24.3 Å². The highest BCUT2D eigenvalue weighted by Gasteiger charge is 2.07. The number of carbonyl (C=O) groups is 1. The average Bonchev–Trinajstić information content (AvgIpc) is 2.37. The molecule has 0 saturated carbocycles. The van der Waals surface area contributed by atoms with Crippen molar-refractivity contribution in [2.75, 3.05) is 19.1 Å². The fraction of sp³-hybridized carbons (Fsp3) is 0.250. The molecule has 0 saturated heterocycles. The van der Waals surface area contributed by atoms with Gasteiger partial charge in [-0.3, -0.25) is 4.79 Å². The van der Waals surface area contributed by atoms with Gasteiger partial charge >= 0.3 is 0 Å². The van der Waals surface area contributed by atoms with Crippen LogP contribution < -0.4 is 20.9 Å². The molecule has 0 bridgehead atoms. The van der Waals surface area contributed by atoms with Gasteiger partial charge in [0, 0.05) is 24.7 Å². The Balaban J connectivity index is 1.90. The van der Waals surface area contributed by atoms with Gasteiger partial charge in [0.25, 0.3) is 0 Å². The van der Waals surface area contributed by atoms with E-state index in [2.05, 4.69) is 16.2 Å². The van der Waals surface area contributed by atoms with E-state index in [0.29, 0.717) is 6.54 Å². The highest BCUT2D eigenvalue weighted by atomic mass is 16.5. The van der Waals surface area contributed by atoms with E-state index >= 15 is 0 Å². The molecular formula is C12H15N3O2. The molecule has 0 fully saturated rings. The molecule has 0 aromatic heterocycles. The van der Waals surface area contributed by atoms with E-state index in [-0.39, 0.29) is 5.91 Å². The topological polar surface area (TPSA) is 62.4 Å². The van der Waals surface area contributed by atoms with E-state index in [9.17, 15) is 4.79 Å². The molecule has 1 aromatic rings. The summed E-state index contributed by atoms with van der Waals surface area (Å²) in [6.07, 6.45) is 2.36. The molecule has 17 heavy (non-hydrogen) atoms. The van der Waals surface area contributed by atoms with Crippen LogP contribution >= 0.6 is 0 Å². The van der Waals surface area contributed by atoms with Crippen LogP contribution in [0.1, 0.15) is 6.42 Å². The number of ether oxygens (including phenoxy) is 1. The third-order valence-corrected chi connectivity index (χ3v) is 2.46. The van der Waals surface area contributed by atoms with Gasteiger partial charge in [-0.1, -0.05) is 0 Å². The average molecular weight is 233 g/mol. The molecular weight excluding hydrogens is 218 g/mol. The van der Waals surface area contributed by atoms with E-state index in [1.54, 1.807) is 13.2 Å². The van der Waals surface area contributed by atoms with Crippen molar-refractivity contribution in [2.24, 2.45) is 0 Å². The van der Waals surface area contributed by atoms with Gasteiger partial charge in [0.15, 0.2) is 0 Å². The van der Waals surface area contributed by atoms with Crippen LogP contribution in [-0.4, -0.2) is 19.6 Å². The molecule has 1 aliphatic heterocycles. The van der Waals surface area contributed by atoms with Crippen LogP contribution in [0.5, 0.6) is 5.75 Å². The monoisotopic (exact) mass is 233 g/mol. The number of carbonyl (C=O) groups excluding carboxylic acids is 1. The normalized spacial score (nSPS) is 14.6. The minimum atomic E-state index is -0.0599. The predicted molar refractivity (Wildman–Crippen MR) is 65.5 cm³/mol. The Bertz CT molecular complexity index is 426. The molecule has 2 rings (SSSR count). The highest BCUT2D eigenvalue weighted by Crippen LogP contribution is 2.14. The Morgan fingerprint density at radius 2 is 2.00 bits per heavy atom. The Morgan fingerprint density at radius 3 is 2.65 bits per heavy atom. The summed E-state index contributed by atoms with van der Waals surface area (Å²) >= 11 is 0. The number of hydrazine groups is 1. The number of rotatable bonds is 4. The third-order valence-electron chi connectivity index (χ3n) is 2.46.